The Bertz CT molecular complexity index is 525. The van der Waals surface area contributed by atoms with E-state index < -0.39 is 0 Å². The van der Waals surface area contributed by atoms with Crippen molar-refractivity contribution in [2.75, 3.05) is 19.5 Å². The quantitative estimate of drug-likeness (QED) is 0.628. The monoisotopic (exact) mass is 293 g/mol. The maximum absolute atomic E-state index is 5.64. The molecule has 0 unspecified atom stereocenters. The Morgan fingerprint density at radius 1 is 1.20 bits per heavy atom. The van der Waals surface area contributed by atoms with E-state index in [1.165, 1.54) is 0 Å². The molecule has 0 amide bonds. The van der Waals surface area contributed by atoms with Crippen LogP contribution in [0.1, 0.15) is 25.6 Å². The van der Waals surface area contributed by atoms with Gasteiger partial charge in [-0.05, 0) is 24.3 Å². The van der Waals surface area contributed by atoms with Crippen molar-refractivity contribution in [3.63, 3.8) is 0 Å². The zero-order valence-corrected chi connectivity index (χ0v) is 12.7. The largest absolute Gasteiger partial charge is 0.497 e. The van der Waals surface area contributed by atoms with Crippen molar-refractivity contribution in [1.29, 1.82) is 0 Å². The van der Waals surface area contributed by atoms with Crippen molar-refractivity contribution < 1.29 is 9.47 Å². The predicted octanol–water partition coefficient (Wildman–Crippen LogP) is 3.11. The Balaban J connectivity index is 1.72. The van der Waals surface area contributed by atoms with E-state index in [2.05, 4.69) is 29.0 Å². The van der Waals surface area contributed by atoms with E-state index >= 15 is 0 Å². The van der Waals surface area contributed by atoms with Crippen LogP contribution in [0.15, 0.2) is 29.4 Å². The van der Waals surface area contributed by atoms with Gasteiger partial charge in [0.25, 0.3) is 0 Å². The van der Waals surface area contributed by atoms with Gasteiger partial charge in [-0.2, -0.15) is 0 Å². The van der Waals surface area contributed by atoms with Crippen LogP contribution in [-0.4, -0.2) is 34.7 Å². The van der Waals surface area contributed by atoms with Crippen LogP contribution in [0.5, 0.6) is 11.5 Å². The Morgan fingerprint density at radius 3 is 2.50 bits per heavy atom. The predicted molar refractivity (Wildman–Crippen MR) is 79.7 cm³/mol. The number of thioether (sulfide) groups is 1. The van der Waals surface area contributed by atoms with Crippen molar-refractivity contribution in [1.82, 2.24) is 15.2 Å². The van der Waals surface area contributed by atoms with Crippen LogP contribution in [0.25, 0.3) is 0 Å². The average Bonchev–Trinajstić information content (AvgIpc) is 2.93. The van der Waals surface area contributed by atoms with Gasteiger partial charge in [-0.25, -0.2) is 4.98 Å². The van der Waals surface area contributed by atoms with Gasteiger partial charge >= 0.3 is 0 Å². The number of hydrogen-bond donors (Lipinski definition) is 1. The second-order valence-corrected chi connectivity index (χ2v) is 5.59. The third-order valence-electron chi connectivity index (χ3n) is 2.67. The number of nitrogens with zero attached hydrogens (tertiary/aromatic N) is 2. The number of methoxy groups -OCH3 is 1. The number of ether oxygens (including phenoxy) is 2. The standard InChI is InChI=1S/C14H19N3O2S/c1-10(2)13-15-14(17-16-13)20-9-8-19-12-6-4-11(18-3)5-7-12/h4-7,10H,8-9H2,1-3H3,(H,15,16,17). The van der Waals surface area contributed by atoms with Crippen LogP contribution in [-0.2, 0) is 0 Å². The fraction of sp³-hybridized carbons (Fsp3) is 0.429. The van der Waals surface area contributed by atoms with Gasteiger partial charge in [0.1, 0.15) is 17.3 Å². The zero-order valence-electron chi connectivity index (χ0n) is 11.9. The first kappa shape index (κ1) is 14.7. The highest BCUT2D eigenvalue weighted by atomic mass is 32.2. The molecule has 0 bridgehead atoms. The Hall–Kier alpha value is -1.69. The summed E-state index contributed by atoms with van der Waals surface area (Å²) in [5, 5.41) is 7.87. The minimum atomic E-state index is 0.368. The molecule has 108 valence electrons. The molecule has 0 radical (unpaired) electrons. The Labute approximate surface area is 123 Å². The van der Waals surface area contributed by atoms with Crippen molar-refractivity contribution in [2.24, 2.45) is 0 Å². The summed E-state index contributed by atoms with van der Waals surface area (Å²) in [6.45, 7) is 4.78. The summed E-state index contributed by atoms with van der Waals surface area (Å²) < 4.78 is 10.7. The van der Waals surface area contributed by atoms with Crippen LogP contribution >= 0.6 is 11.8 Å². The molecule has 0 spiro atoms. The summed E-state index contributed by atoms with van der Waals surface area (Å²) in [5.74, 6) is 3.76. The highest BCUT2D eigenvalue weighted by Gasteiger charge is 2.06. The lowest BCUT2D eigenvalue weighted by atomic mass is 10.2. The molecule has 0 aliphatic heterocycles. The molecule has 6 heteroatoms. The number of aromatic nitrogens is 3. The van der Waals surface area contributed by atoms with Gasteiger partial charge in [0.2, 0.25) is 5.16 Å². The number of benzene rings is 1. The first-order valence-electron chi connectivity index (χ1n) is 6.51. The molecule has 0 atom stereocenters. The normalized spacial score (nSPS) is 10.8. The smallest absolute Gasteiger partial charge is 0.208 e. The molecule has 0 aliphatic rings. The molecule has 2 aromatic rings. The van der Waals surface area contributed by atoms with Crippen LogP contribution < -0.4 is 9.47 Å². The number of rotatable bonds is 7. The van der Waals surface area contributed by atoms with Crippen LogP contribution in [0.4, 0.5) is 0 Å². The fourth-order valence-corrected chi connectivity index (χ4v) is 2.17. The number of aromatic amines is 1. The average molecular weight is 293 g/mol. The Kier molecular flexibility index (Phi) is 5.29. The molecule has 1 aromatic heterocycles. The minimum Gasteiger partial charge on any atom is -0.497 e. The lowest BCUT2D eigenvalue weighted by Crippen LogP contribution is -2.00. The molecule has 0 saturated carbocycles. The lowest BCUT2D eigenvalue weighted by Gasteiger charge is -2.05. The van der Waals surface area contributed by atoms with Gasteiger partial charge in [0, 0.05) is 11.7 Å². The molecule has 1 N–H and O–H groups in total. The molecule has 0 fully saturated rings. The van der Waals surface area contributed by atoms with E-state index in [1.54, 1.807) is 18.9 Å². The first-order valence-corrected chi connectivity index (χ1v) is 7.49. The van der Waals surface area contributed by atoms with Crippen LogP contribution in [0, 0.1) is 0 Å². The maximum Gasteiger partial charge on any atom is 0.208 e. The first-order chi connectivity index (χ1) is 9.69. The summed E-state index contributed by atoms with van der Waals surface area (Å²) in [5.41, 5.74) is 0. The van der Waals surface area contributed by atoms with Gasteiger partial charge in [-0.3, -0.25) is 5.10 Å². The van der Waals surface area contributed by atoms with Crippen molar-refractivity contribution >= 4 is 11.8 Å². The molecule has 1 aromatic carbocycles. The summed E-state index contributed by atoms with van der Waals surface area (Å²) in [6, 6.07) is 7.56. The van der Waals surface area contributed by atoms with Crippen LogP contribution in [0.2, 0.25) is 0 Å². The number of H-pyrrole nitrogens is 1. The van der Waals surface area contributed by atoms with Gasteiger partial charge in [0.15, 0.2) is 0 Å². The zero-order chi connectivity index (χ0) is 14.4. The molecule has 5 nitrogen and oxygen atoms in total. The molecule has 1 heterocycles. The third kappa shape index (κ3) is 4.16. The topological polar surface area (TPSA) is 60.0 Å². The lowest BCUT2D eigenvalue weighted by molar-refractivity contribution is 0.342. The summed E-state index contributed by atoms with van der Waals surface area (Å²) >= 11 is 1.58. The number of nitrogens with one attached hydrogen (secondary N) is 1. The van der Waals surface area contributed by atoms with E-state index in [4.69, 9.17) is 9.47 Å². The van der Waals surface area contributed by atoms with Crippen molar-refractivity contribution in [3.05, 3.63) is 30.1 Å². The van der Waals surface area contributed by atoms with E-state index in [0.29, 0.717) is 12.5 Å². The third-order valence-corrected chi connectivity index (χ3v) is 3.48. The summed E-state index contributed by atoms with van der Waals surface area (Å²) in [6.07, 6.45) is 0. The summed E-state index contributed by atoms with van der Waals surface area (Å²) in [4.78, 5) is 4.40. The molecule has 2 rings (SSSR count). The molecule has 0 saturated heterocycles. The van der Waals surface area contributed by atoms with Gasteiger partial charge in [0.05, 0.1) is 13.7 Å². The number of hydrogen-bond acceptors (Lipinski definition) is 5. The fourth-order valence-electron chi connectivity index (χ4n) is 1.55. The summed E-state index contributed by atoms with van der Waals surface area (Å²) in [7, 11) is 1.65. The molecule has 0 aliphatic carbocycles. The second-order valence-electron chi connectivity index (χ2n) is 4.53. The SMILES string of the molecule is COc1ccc(OCCSc2n[nH]c(C(C)C)n2)cc1. The van der Waals surface area contributed by atoms with E-state index in [0.717, 1.165) is 28.2 Å². The highest BCUT2D eigenvalue weighted by molar-refractivity contribution is 7.99. The van der Waals surface area contributed by atoms with E-state index in [9.17, 15) is 0 Å². The molecule has 20 heavy (non-hydrogen) atoms. The second kappa shape index (κ2) is 7.19. The molecular weight excluding hydrogens is 274 g/mol. The highest BCUT2D eigenvalue weighted by Crippen LogP contribution is 2.19. The van der Waals surface area contributed by atoms with Crippen molar-refractivity contribution in [3.8, 4) is 11.5 Å². The Morgan fingerprint density at radius 2 is 1.90 bits per heavy atom. The maximum atomic E-state index is 5.64. The van der Waals surface area contributed by atoms with Gasteiger partial charge in [-0.15, -0.1) is 5.10 Å². The van der Waals surface area contributed by atoms with Crippen LogP contribution in [0.3, 0.4) is 0 Å². The molecular formula is C14H19N3O2S. The van der Waals surface area contributed by atoms with Gasteiger partial charge in [-0.1, -0.05) is 25.6 Å². The van der Waals surface area contributed by atoms with E-state index in [-0.39, 0.29) is 0 Å². The van der Waals surface area contributed by atoms with Crippen molar-refractivity contribution in [2.45, 2.75) is 24.9 Å². The van der Waals surface area contributed by atoms with Gasteiger partial charge < -0.3 is 9.47 Å². The van der Waals surface area contributed by atoms with E-state index in [1.807, 2.05) is 24.3 Å². The minimum absolute atomic E-state index is 0.368.